The molecule has 0 fully saturated rings. The normalized spacial score (nSPS) is 11.9. The van der Waals surface area contributed by atoms with E-state index in [1.54, 1.807) is 19.9 Å². The number of benzene rings is 1. The van der Waals surface area contributed by atoms with Crippen LogP contribution < -0.4 is 10.1 Å². The van der Waals surface area contributed by atoms with Crippen LogP contribution in [-0.2, 0) is 6.18 Å². The fourth-order valence-electron chi connectivity index (χ4n) is 2.04. The van der Waals surface area contributed by atoms with Gasteiger partial charge in [0.15, 0.2) is 0 Å². The van der Waals surface area contributed by atoms with Crippen LogP contribution in [0.15, 0.2) is 30.5 Å². The second-order valence-corrected chi connectivity index (χ2v) is 5.98. The van der Waals surface area contributed by atoms with Crippen LogP contribution in [0.2, 0.25) is 0 Å². The molecule has 1 aromatic carbocycles. The van der Waals surface area contributed by atoms with Crippen LogP contribution in [0, 0.1) is 0 Å². The number of nitrogens with zero attached hydrogens (tertiary/aromatic N) is 2. The minimum atomic E-state index is -4.57. The van der Waals surface area contributed by atoms with E-state index in [1.807, 2.05) is 18.2 Å². The minimum absolute atomic E-state index is 0.0551. The topological polar surface area (TPSA) is 47.0 Å². The highest BCUT2D eigenvalue weighted by Gasteiger charge is 2.36. The Labute approximate surface area is 139 Å². The van der Waals surface area contributed by atoms with Crippen molar-refractivity contribution in [1.29, 1.82) is 0 Å². The Hall–Kier alpha value is -2.31. The maximum Gasteiger partial charge on any atom is 0.423 e. The zero-order chi connectivity index (χ0) is 17.9. The summed E-state index contributed by atoms with van der Waals surface area (Å²) in [5.41, 5.74) is 0.819. The van der Waals surface area contributed by atoms with Crippen LogP contribution in [0.1, 0.15) is 44.7 Å². The molecule has 0 unspecified atom stereocenters. The summed E-state index contributed by atoms with van der Waals surface area (Å²) in [5.74, 6) is -0.0883. The smallest absolute Gasteiger partial charge is 0.423 e. The molecule has 24 heavy (non-hydrogen) atoms. The molecule has 0 atom stereocenters. The third-order valence-electron chi connectivity index (χ3n) is 3.22. The predicted octanol–water partition coefficient (Wildman–Crippen LogP) is 5.15. The summed E-state index contributed by atoms with van der Waals surface area (Å²) >= 11 is 0. The van der Waals surface area contributed by atoms with Gasteiger partial charge in [-0.25, -0.2) is 4.98 Å². The zero-order valence-corrected chi connectivity index (χ0v) is 14.0. The van der Waals surface area contributed by atoms with Gasteiger partial charge in [0.1, 0.15) is 5.56 Å². The van der Waals surface area contributed by atoms with Gasteiger partial charge in [0.05, 0.1) is 6.10 Å². The van der Waals surface area contributed by atoms with E-state index < -0.39 is 23.7 Å². The first-order valence-corrected chi connectivity index (χ1v) is 7.64. The van der Waals surface area contributed by atoms with Crippen LogP contribution in [-0.4, -0.2) is 16.1 Å². The molecule has 2 aromatic rings. The number of aromatic nitrogens is 2. The van der Waals surface area contributed by atoms with Gasteiger partial charge >= 0.3 is 6.18 Å². The molecule has 4 nitrogen and oxygen atoms in total. The van der Waals surface area contributed by atoms with Crippen molar-refractivity contribution in [2.45, 2.75) is 45.9 Å². The monoisotopic (exact) mass is 339 g/mol. The lowest BCUT2D eigenvalue weighted by molar-refractivity contribution is -0.139. The first-order valence-electron chi connectivity index (χ1n) is 7.64. The molecular weight excluding hydrogens is 319 g/mol. The van der Waals surface area contributed by atoms with Gasteiger partial charge in [-0.2, -0.15) is 18.2 Å². The maximum absolute atomic E-state index is 13.0. The molecule has 0 aliphatic carbocycles. The van der Waals surface area contributed by atoms with Crippen LogP contribution in [0.4, 0.5) is 24.8 Å². The van der Waals surface area contributed by atoms with Gasteiger partial charge in [0, 0.05) is 11.9 Å². The first-order chi connectivity index (χ1) is 11.2. The lowest BCUT2D eigenvalue weighted by Gasteiger charge is -2.16. The van der Waals surface area contributed by atoms with Gasteiger partial charge in [-0.15, -0.1) is 0 Å². The van der Waals surface area contributed by atoms with E-state index in [9.17, 15) is 13.2 Å². The summed E-state index contributed by atoms with van der Waals surface area (Å²) in [4.78, 5) is 7.65. The Morgan fingerprint density at radius 1 is 1.12 bits per heavy atom. The van der Waals surface area contributed by atoms with E-state index in [4.69, 9.17) is 4.74 Å². The molecule has 0 saturated heterocycles. The van der Waals surface area contributed by atoms with Crippen molar-refractivity contribution in [1.82, 2.24) is 9.97 Å². The van der Waals surface area contributed by atoms with E-state index in [0.29, 0.717) is 11.6 Å². The molecule has 0 aliphatic rings. The Balaban J connectivity index is 2.33. The Kier molecular flexibility index (Phi) is 5.31. The SMILES string of the molecule is CC(C)Oc1nc(Nc2cccc(C(C)C)c2)ncc1C(F)(F)F. The second kappa shape index (κ2) is 7.07. The molecule has 0 amide bonds. The number of hydrogen-bond donors (Lipinski definition) is 1. The number of rotatable bonds is 5. The van der Waals surface area contributed by atoms with E-state index in [1.165, 1.54) is 0 Å². The average Bonchev–Trinajstić information content (AvgIpc) is 2.45. The lowest BCUT2D eigenvalue weighted by Crippen LogP contribution is -2.15. The number of ether oxygens (including phenoxy) is 1. The van der Waals surface area contributed by atoms with Gasteiger partial charge in [-0.3, -0.25) is 0 Å². The van der Waals surface area contributed by atoms with Crippen LogP contribution in [0.5, 0.6) is 5.88 Å². The Morgan fingerprint density at radius 2 is 1.83 bits per heavy atom. The number of halogens is 3. The van der Waals surface area contributed by atoms with Crippen molar-refractivity contribution >= 4 is 11.6 Å². The Morgan fingerprint density at radius 3 is 2.42 bits per heavy atom. The minimum Gasteiger partial charge on any atom is -0.474 e. The van der Waals surface area contributed by atoms with Crippen LogP contribution in [0.3, 0.4) is 0 Å². The summed E-state index contributed by atoms with van der Waals surface area (Å²) < 4.78 is 44.3. The second-order valence-electron chi connectivity index (χ2n) is 5.98. The quantitative estimate of drug-likeness (QED) is 0.818. The molecule has 1 aromatic heterocycles. The lowest BCUT2D eigenvalue weighted by atomic mass is 10.0. The van der Waals surface area contributed by atoms with Gasteiger partial charge in [0.2, 0.25) is 11.8 Å². The highest BCUT2D eigenvalue weighted by atomic mass is 19.4. The highest BCUT2D eigenvalue weighted by Crippen LogP contribution is 2.35. The van der Waals surface area contributed by atoms with E-state index in [0.717, 1.165) is 11.8 Å². The van der Waals surface area contributed by atoms with Gasteiger partial charge in [0.25, 0.3) is 0 Å². The third kappa shape index (κ3) is 4.59. The summed E-state index contributed by atoms with van der Waals surface area (Å²) in [6.07, 6.45) is -4.27. The van der Waals surface area contributed by atoms with Gasteiger partial charge in [-0.1, -0.05) is 26.0 Å². The third-order valence-corrected chi connectivity index (χ3v) is 3.22. The number of nitrogens with one attached hydrogen (secondary N) is 1. The van der Waals surface area contributed by atoms with Crippen LogP contribution in [0.25, 0.3) is 0 Å². The zero-order valence-electron chi connectivity index (χ0n) is 14.0. The molecule has 0 aliphatic heterocycles. The van der Waals surface area contributed by atoms with E-state index in [2.05, 4.69) is 29.1 Å². The molecule has 0 radical (unpaired) electrons. The molecule has 130 valence electrons. The number of anilines is 2. The summed E-state index contributed by atoms with van der Waals surface area (Å²) in [7, 11) is 0. The molecule has 1 heterocycles. The van der Waals surface area contributed by atoms with Crippen LogP contribution >= 0.6 is 0 Å². The molecule has 2 rings (SSSR count). The molecule has 0 spiro atoms. The number of hydrogen-bond acceptors (Lipinski definition) is 4. The molecule has 7 heteroatoms. The van der Waals surface area contributed by atoms with Gasteiger partial charge < -0.3 is 10.1 Å². The highest BCUT2D eigenvalue weighted by molar-refractivity contribution is 5.55. The van der Waals surface area contributed by atoms with E-state index >= 15 is 0 Å². The predicted molar refractivity (Wildman–Crippen MR) is 86.6 cm³/mol. The van der Waals surface area contributed by atoms with Crippen molar-refractivity contribution < 1.29 is 17.9 Å². The standard InChI is InChI=1S/C17H20F3N3O/c1-10(2)12-6-5-7-13(8-12)22-16-21-9-14(17(18,19)20)15(23-16)24-11(3)4/h5-11H,1-4H3,(H,21,22,23). The number of alkyl halides is 3. The fourth-order valence-corrected chi connectivity index (χ4v) is 2.04. The molecular formula is C17H20F3N3O. The first kappa shape index (κ1) is 18.0. The maximum atomic E-state index is 13.0. The average molecular weight is 339 g/mol. The van der Waals surface area contributed by atoms with Crippen molar-refractivity contribution in [3.8, 4) is 5.88 Å². The van der Waals surface area contributed by atoms with Crippen molar-refractivity contribution in [3.63, 3.8) is 0 Å². The fraction of sp³-hybridized carbons (Fsp3) is 0.412. The van der Waals surface area contributed by atoms with Crippen molar-refractivity contribution in [2.24, 2.45) is 0 Å². The molecule has 1 N–H and O–H groups in total. The summed E-state index contributed by atoms with van der Waals surface area (Å²) in [5, 5.41) is 2.92. The molecule has 0 saturated carbocycles. The van der Waals surface area contributed by atoms with E-state index in [-0.39, 0.29) is 5.95 Å². The molecule has 0 bridgehead atoms. The van der Waals surface area contributed by atoms with Crippen molar-refractivity contribution in [2.75, 3.05) is 5.32 Å². The van der Waals surface area contributed by atoms with Gasteiger partial charge in [-0.05, 0) is 37.5 Å². The summed E-state index contributed by atoms with van der Waals surface area (Å²) in [6, 6.07) is 7.56. The van der Waals surface area contributed by atoms with Crippen molar-refractivity contribution in [3.05, 3.63) is 41.6 Å². The summed E-state index contributed by atoms with van der Waals surface area (Å²) in [6.45, 7) is 7.40. The largest absolute Gasteiger partial charge is 0.474 e. The Bertz CT molecular complexity index is 700.